The molecule has 0 saturated carbocycles. The zero-order valence-corrected chi connectivity index (χ0v) is 11.7. The van der Waals surface area contributed by atoms with Gasteiger partial charge in [-0.05, 0) is 24.2 Å². The first kappa shape index (κ1) is 14.5. The van der Waals surface area contributed by atoms with E-state index >= 15 is 0 Å². The Bertz CT molecular complexity index is 476. The van der Waals surface area contributed by atoms with Crippen LogP contribution in [0.3, 0.4) is 0 Å². The molecule has 1 aliphatic heterocycles. The Kier molecular flexibility index (Phi) is 4.74. The summed E-state index contributed by atoms with van der Waals surface area (Å²) in [6.07, 6.45) is 0.339. The smallest absolute Gasteiger partial charge is 0.335 e. The fourth-order valence-corrected chi connectivity index (χ4v) is 2.37. The van der Waals surface area contributed by atoms with Gasteiger partial charge < -0.3 is 14.9 Å². The van der Waals surface area contributed by atoms with Crippen molar-refractivity contribution in [3.63, 3.8) is 0 Å². The highest BCUT2D eigenvalue weighted by atomic mass is 16.4. The molecule has 0 aliphatic carbocycles. The van der Waals surface area contributed by atoms with Gasteiger partial charge in [0.05, 0.1) is 12.0 Å². The van der Waals surface area contributed by atoms with Gasteiger partial charge in [-0.15, -0.1) is 0 Å². The number of likely N-dealkylation sites (N-methyl/N-ethyl adjacent to an activating group) is 1. The Morgan fingerprint density at radius 3 is 2.20 bits per heavy atom. The van der Waals surface area contributed by atoms with Crippen LogP contribution >= 0.6 is 0 Å². The average molecular weight is 276 g/mol. The van der Waals surface area contributed by atoms with E-state index < -0.39 is 5.97 Å². The van der Waals surface area contributed by atoms with Crippen LogP contribution in [0.25, 0.3) is 0 Å². The average Bonchev–Trinajstić information content (AvgIpc) is 2.48. The molecule has 1 heterocycles. The fourth-order valence-electron chi connectivity index (χ4n) is 2.37. The Balaban J connectivity index is 1.90. The summed E-state index contributed by atoms with van der Waals surface area (Å²) in [5, 5.41) is 8.83. The molecule has 20 heavy (non-hydrogen) atoms. The number of carboxylic acid groups (broad SMARTS) is 1. The number of hydrogen-bond donors (Lipinski definition) is 1. The maximum atomic E-state index is 12.2. The first-order valence-electron chi connectivity index (χ1n) is 6.92. The number of carboxylic acids is 1. The van der Waals surface area contributed by atoms with E-state index in [1.54, 1.807) is 24.3 Å². The molecule has 1 aliphatic rings. The second-order valence-electron chi connectivity index (χ2n) is 4.99. The number of rotatable bonds is 4. The van der Waals surface area contributed by atoms with E-state index in [0.717, 1.165) is 38.3 Å². The SMILES string of the molecule is CCN1CCN(C(=O)Cc2ccc(C(=O)O)cc2)CC1. The third kappa shape index (κ3) is 3.57. The molecule has 0 unspecified atom stereocenters. The fraction of sp³-hybridized carbons (Fsp3) is 0.467. The lowest BCUT2D eigenvalue weighted by atomic mass is 10.1. The Morgan fingerprint density at radius 1 is 1.10 bits per heavy atom. The molecule has 5 nitrogen and oxygen atoms in total. The highest BCUT2D eigenvalue weighted by Gasteiger charge is 2.20. The monoisotopic (exact) mass is 276 g/mol. The molecule has 1 fully saturated rings. The quantitative estimate of drug-likeness (QED) is 0.894. The molecular formula is C15H20N2O3. The lowest BCUT2D eigenvalue weighted by Gasteiger charge is -2.34. The minimum atomic E-state index is -0.946. The summed E-state index contributed by atoms with van der Waals surface area (Å²) < 4.78 is 0. The van der Waals surface area contributed by atoms with Gasteiger partial charge in [-0.2, -0.15) is 0 Å². The van der Waals surface area contributed by atoms with E-state index in [4.69, 9.17) is 5.11 Å². The summed E-state index contributed by atoms with van der Waals surface area (Å²) in [5.41, 5.74) is 1.11. The van der Waals surface area contributed by atoms with Gasteiger partial charge in [0.15, 0.2) is 0 Å². The number of nitrogens with zero attached hydrogens (tertiary/aromatic N) is 2. The summed E-state index contributed by atoms with van der Waals surface area (Å²) in [4.78, 5) is 27.1. The van der Waals surface area contributed by atoms with Gasteiger partial charge in [-0.1, -0.05) is 19.1 Å². The van der Waals surface area contributed by atoms with Crippen molar-refractivity contribution in [1.82, 2.24) is 9.80 Å². The van der Waals surface area contributed by atoms with Crippen LogP contribution in [0, 0.1) is 0 Å². The van der Waals surface area contributed by atoms with Crippen molar-refractivity contribution in [3.8, 4) is 0 Å². The van der Waals surface area contributed by atoms with Crippen molar-refractivity contribution in [2.45, 2.75) is 13.3 Å². The molecule has 1 amide bonds. The molecule has 108 valence electrons. The van der Waals surface area contributed by atoms with Crippen molar-refractivity contribution in [1.29, 1.82) is 0 Å². The summed E-state index contributed by atoms with van der Waals surface area (Å²) in [6, 6.07) is 6.51. The van der Waals surface area contributed by atoms with Crippen molar-refractivity contribution in [3.05, 3.63) is 35.4 Å². The molecule has 1 aromatic rings. The van der Waals surface area contributed by atoms with E-state index in [-0.39, 0.29) is 11.5 Å². The van der Waals surface area contributed by atoms with Crippen LogP contribution in [0.15, 0.2) is 24.3 Å². The lowest BCUT2D eigenvalue weighted by Crippen LogP contribution is -2.48. The van der Waals surface area contributed by atoms with Crippen LogP contribution < -0.4 is 0 Å². The van der Waals surface area contributed by atoms with Crippen LogP contribution in [0.1, 0.15) is 22.8 Å². The zero-order valence-electron chi connectivity index (χ0n) is 11.7. The third-order valence-electron chi connectivity index (χ3n) is 3.73. The van der Waals surface area contributed by atoms with Gasteiger partial charge in [0.25, 0.3) is 0 Å². The first-order valence-corrected chi connectivity index (χ1v) is 6.92. The second-order valence-corrected chi connectivity index (χ2v) is 4.99. The Hall–Kier alpha value is -1.88. The molecule has 2 rings (SSSR count). The number of carbonyl (C=O) groups excluding carboxylic acids is 1. The number of amides is 1. The Labute approximate surface area is 118 Å². The number of carbonyl (C=O) groups is 2. The molecule has 0 radical (unpaired) electrons. The number of benzene rings is 1. The number of piperazine rings is 1. The lowest BCUT2D eigenvalue weighted by molar-refractivity contribution is -0.132. The van der Waals surface area contributed by atoms with Crippen LogP contribution in [-0.2, 0) is 11.2 Å². The third-order valence-corrected chi connectivity index (χ3v) is 3.73. The van der Waals surface area contributed by atoms with Gasteiger partial charge in [-0.25, -0.2) is 4.79 Å². The van der Waals surface area contributed by atoms with Crippen LogP contribution in [0.5, 0.6) is 0 Å². The molecule has 1 aromatic carbocycles. The standard InChI is InChI=1S/C15H20N2O3/c1-2-16-7-9-17(10-8-16)14(18)11-12-3-5-13(6-4-12)15(19)20/h3-6H,2,7-11H2,1H3,(H,19,20). The van der Waals surface area contributed by atoms with Crippen molar-refractivity contribution < 1.29 is 14.7 Å². The van der Waals surface area contributed by atoms with Gasteiger partial charge in [0.1, 0.15) is 0 Å². The van der Waals surface area contributed by atoms with Gasteiger partial charge in [0, 0.05) is 26.2 Å². The highest BCUT2D eigenvalue weighted by Crippen LogP contribution is 2.09. The summed E-state index contributed by atoms with van der Waals surface area (Å²) in [6.45, 7) is 6.57. The van der Waals surface area contributed by atoms with E-state index in [1.807, 2.05) is 4.90 Å². The summed E-state index contributed by atoms with van der Waals surface area (Å²) in [7, 11) is 0. The van der Waals surface area contributed by atoms with Crippen LogP contribution in [0.2, 0.25) is 0 Å². The van der Waals surface area contributed by atoms with E-state index in [9.17, 15) is 9.59 Å². The first-order chi connectivity index (χ1) is 9.60. The minimum absolute atomic E-state index is 0.115. The largest absolute Gasteiger partial charge is 0.478 e. The van der Waals surface area contributed by atoms with Crippen molar-refractivity contribution in [2.75, 3.05) is 32.7 Å². The van der Waals surface area contributed by atoms with Crippen LogP contribution in [0.4, 0.5) is 0 Å². The molecule has 5 heteroatoms. The molecule has 0 spiro atoms. The predicted molar refractivity (Wildman–Crippen MR) is 75.8 cm³/mol. The molecule has 1 saturated heterocycles. The topological polar surface area (TPSA) is 60.9 Å². The molecule has 0 atom stereocenters. The van der Waals surface area contributed by atoms with Gasteiger partial charge >= 0.3 is 5.97 Å². The van der Waals surface area contributed by atoms with Crippen molar-refractivity contribution in [2.24, 2.45) is 0 Å². The van der Waals surface area contributed by atoms with E-state index in [1.165, 1.54) is 0 Å². The second kappa shape index (κ2) is 6.52. The molecule has 0 aromatic heterocycles. The number of hydrogen-bond acceptors (Lipinski definition) is 3. The van der Waals surface area contributed by atoms with Crippen molar-refractivity contribution >= 4 is 11.9 Å². The predicted octanol–water partition coefficient (Wildman–Crippen LogP) is 1.09. The normalized spacial score (nSPS) is 16.1. The summed E-state index contributed by atoms with van der Waals surface area (Å²) in [5.74, 6) is -0.831. The number of aromatic carboxylic acids is 1. The maximum absolute atomic E-state index is 12.2. The van der Waals surface area contributed by atoms with Gasteiger partial charge in [0.2, 0.25) is 5.91 Å². The maximum Gasteiger partial charge on any atom is 0.335 e. The molecular weight excluding hydrogens is 256 g/mol. The Morgan fingerprint density at radius 2 is 1.70 bits per heavy atom. The highest BCUT2D eigenvalue weighted by molar-refractivity contribution is 5.87. The molecule has 0 bridgehead atoms. The zero-order chi connectivity index (χ0) is 14.5. The van der Waals surface area contributed by atoms with E-state index in [2.05, 4.69) is 11.8 Å². The summed E-state index contributed by atoms with van der Waals surface area (Å²) >= 11 is 0. The van der Waals surface area contributed by atoms with Crippen LogP contribution in [-0.4, -0.2) is 59.5 Å². The minimum Gasteiger partial charge on any atom is -0.478 e. The van der Waals surface area contributed by atoms with E-state index in [0.29, 0.717) is 6.42 Å². The molecule has 1 N–H and O–H groups in total. The van der Waals surface area contributed by atoms with Gasteiger partial charge in [-0.3, -0.25) is 4.79 Å².